The van der Waals surface area contributed by atoms with Crippen LogP contribution in [-0.2, 0) is 20.7 Å². The normalized spacial score (nSPS) is 21.4. The Bertz CT molecular complexity index is 499. The highest BCUT2D eigenvalue weighted by atomic mass is 16.5. The predicted molar refractivity (Wildman–Crippen MR) is 73.0 cm³/mol. The first-order valence-corrected chi connectivity index (χ1v) is 6.56. The zero-order chi connectivity index (χ0) is 14.4. The molecule has 0 aliphatic carbocycles. The molecule has 1 fully saturated rings. The lowest BCUT2D eigenvalue weighted by Gasteiger charge is -2.25. The van der Waals surface area contributed by atoms with E-state index in [1.807, 2.05) is 0 Å². The Morgan fingerprint density at radius 2 is 2.25 bits per heavy atom. The van der Waals surface area contributed by atoms with E-state index in [0.717, 1.165) is 12.0 Å². The molecular weight excluding hydrogens is 256 g/mol. The fraction of sp³-hybridized carbons (Fsp3) is 0.467. The maximum atomic E-state index is 11.9. The van der Waals surface area contributed by atoms with Crippen LogP contribution < -0.4 is 5.32 Å². The van der Waals surface area contributed by atoms with E-state index in [1.165, 1.54) is 0 Å². The average Bonchev–Trinajstić information content (AvgIpc) is 2.95. The van der Waals surface area contributed by atoms with Crippen LogP contribution in [0.2, 0.25) is 0 Å². The summed E-state index contributed by atoms with van der Waals surface area (Å²) in [5.41, 5.74) is 1.09. The van der Waals surface area contributed by atoms with Gasteiger partial charge in [-0.1, -0.05) is 12.1 Å². The molecule has 1 aromatic carbocycles. The fourth-order valence-electron chi connectivity index (χ4n) is 2.17. The Labute approximate surface area is 118 Å². The van der Waals surface area contributed by atoms with Crippen LogP contribution >= 0.6 is 0 Å². The van der Waals surface area contributed by atoms with Gasteiger partial charge >= 0.3 is 0 Å². The van der Waals surface area contributed by atoms with Crippen LogP contribution in [0.15, 0.2) is 24.3 Å². The van der Waals surface area contributed by atoms with Crippen molar-refractivity contribution in [2.75, 3.05) is 26.9 Å². The fourth-order valence-corrected chi connectivity index (χ4v) is 2.17. The molecule has 20 heavy (non-hydrogen) atoms. The third kappa shape index (κ3) is 3.56. The van der Waals surface area contributed by atoms with E-state index in [9.17, 15) is 4.79 Å². The Morgan fingerprint density at radius 3 is 2.80 bits per heavy atom. The van der Waals surface area contributed by atoms with E-state index in [0.29, 0.717) is 31.7 Å². The summed E-state index contributed by atoms with van der Waals surface area (Å²) in [6, 6.07) is 9.07. The highest BCUT2D eigenvalue weighted by molar-refractivity contribution is 5.78. The Hall–Kier alpha value is -1.90. The monoisotopic (exact) mass is 274 g/mol. The van der Waals surface area contributed by atoms with E-state index in [1.54, 1.807) is 31.4 Å². The van der Waals surface area contributed by atoms with Crippen molar-refractivity contribution in [3.63, 3.8) is 0 Å². The largest absolute Gasteiger partial charge is 0.378 e. The molecule has 5 nitrogen and oxygen atoms in total. The Morgan fingerprint density at radius 1 is 1.50 bits per heavy atom. The summed E-state index contributed by atoms with van der Waals surface area (Å²) < 4.78 is 10.8. The number of hydrogen-bond donors (Lipinski definition) is 1. The molecule has 1 amide bonds. The summed E-state index contributed by atoms with van der Waals surface area (Å²) >= 11 is 0. The lowest BCUT2D eigenvalue weighted by molar-refractivity contribution is -0.122. The van der Waals surface area contributed by atoms with Crippen LogP contribution in [0.5, 0.6) is 0 Å². The number of methoxy groups -OCH3 is 1. The van der Waals surface area contributed by atoms with Gasteiger partial charge in [0.25, 0.3) is 0 Å². The van der Waals surface area contributed by atoms with Crippen LogP contribution in [0, 0.1) is 11.3 Å². The minimum absolute atomic E-state index is 0.0574. The molecule has 106 valence electrons. The maximum Gasteiger partial charge on any atom is 0.224 e. The number of benzene rings is 1. The van der Waals surface area contributed by atoms with Gasteiger partial charge in [0.2, 0.25) is 5.91 Å². The lowest BCUT2D eigenvalue weighted by Crippen LogP contribution is -2.45. The van der Waals surface area contributed by atoms with Crippen molar-refractivity contribution < 1.29 is 14.3 Å². The molecule has 1 atom stereocenters. The van der Waals surface area contributed by atoms with E-state index >= 15 is 0 Å². The van der Waals surface area contributed by atoms with E-state index < -0.39 is 0 Å². The van der Waals surface area contributed by atoms with Crippen LogP contribution in [-0.4, -0.2) is 38.4 Å². The highest BCUT2D eigenvalue weighted by Crippen LogP contribution is 2.21. The molecule has 1 aliphatic rings. The van der Waals surface area contributed by atoms with Crippen molar-refractivity contribution in [1.29, 1.82) is 5.26 Å². The predicted octanol–water partition coefficient (Wildman–Crippen LogP) is 1.02. The van der Waals surface area contributed by atoms with Crippen molar-refractivity contribution in [2.45, 2.75) is 18.4 Å². The number of ether oxygens (including phenoxy) is 2. The Balaban J connectivity index is 1.84. The van der Waals surface area contributed by atoms with E-state index in [4.69, 9.17) is 14.7 Å². The first kappa shape index (κ1) is 14.5. The zero-order valence-corrected chi connectivity index (χ0v) is 11.5. The van der Waals surface area contributed by atoms with Gasteiger partial charge in [0.15, 0.2) is 0 Å². The Kier molecular flexibility index (Phi) is 4.72. The van der Waals surface area contributed by atoms with Gasteiger partial charge in [-0.3, -0.25) is 4.79 Å². The molecule has 1 aliphatic heterocycles. The molecule has 0 bridgehead atoms. The molecule has 0 radical (unpaired) electrons. The first-order valence-electron chi connectivity index (χ1n) is 6.56. The minimum atomic E-state index is -0.389. The number of amides is 1. The number of carbonyl (C=O) groups excluding carboxylic acids is 1. The van der Waals surface area contributed by atoms with Crippen molar-refractivity contribution in [2.24, 2.45) is 0 Å². The molecule has 0 saturated carbocycles. The van der Waals surface area contributed by atoms with Crippen LogP contribution in [0.1, 0.15) is 17.5 Å². The molecule has 1 aromatic rings. The third-order valence-corrected chi connectivity index (χ3v) is 3.56. The summed E-state index contributed by atoms with van der Waals surface area (Å²) in [5, 5.41) is 11.6. The average molecular weight is 274 g/mol. The van der Waals surface area contributed by atoms with E-state index in [-0.39, 0.29) is 11.5 Å². The number of hydrogen-bond acceptors (Lipinski definition) is 4. The van der Waals surface area contributed by atoms with Crippen molar-refractivity contribution in [3.8, 4) is 6.07 Å². The lowest BCUT2D eigenvalue weighted by atomic mass is 10.0. The summed E-state index contributed by atoms with van der Waals surface area (Å²) in [5.74, 6) is -0.0574. The first-order chi connectivity index (χ1) is 9.67. The number of nitriles is 1. The second-order valence-corrected chi connectivity index (χ2v) is 4.95. The molecule has 1 saturated heterocycles. The molecule has 0 aromatic heterocycles. The molecule has 2 rings (SSSR count). The van der Waals surface area contributed by atoms with Gasteiger partial charge in [0, 0.05) is 26.7 Å². The van der Waals surface area contributed by atoms with Gasteiger partial charge in [-0.05, 0) is 17.7 Å². The third-order valence-electron chi connectivity index (χ3n) is 3.56. The summed E-state index contributed by atoms with van der Waals surface area (Å²) in [6.07, 6.45) is 1.09. The highest BCUT2D eigenvalue weighted by Gasteiger charge is 2.35. The molecule has 5 heteroatoms. The van der Waals surface area contributed by atoms with Crippen molar-refractivity contribution in [1.82, 2.24) is 5.32 Å². The van der Waals surface area contributed by atoms with E-state index in [2.05, 4.69) is 11.4 Å². The van der Waals surface area contributed by atoms with Gasteiger partial charge < -0.3 is 14.8 Å². The van der Waals surface area contributed by atoms with Crippen LogP contribution in [0.25, 0.3) is 0 Å². The van der Waals surface area contributed by atoms with Crippen molar-refractivity contribution >= 4 is 5.91 Å². The van der Waals surface area contributed by atoms with Crippen LogP contribution in [0.4, 0.5) is 0 Å². The zero-order valence-electron chi connectivity index (χ0n) is 11.5. The number of nitrogens with zero attached hydrogens (tertiary/aromatic N) is 1. The second kappa shape index (κ2) is 6.51. The topological polar surface area (TPSA) is 71.3 Å². The second-order valence-electron chi connectivity index (χ2n) is 4.95. The SMILES string of the molecule is COC1(CNC(=O)Cc2ccc(C#N)cc2)CCOC1. The van der Waals surface area contributed by atoms with Crippen molar-refractivity contribution in [3.05, 3.63) is 35.4 Å². The molecule has 0 spiro atoms. The summed E-state index contributed by atoms with van der Waals surface area (Å²) in [7, 11) is 1.64. The number of rotatable bonds is 5. The number of carbonyl (C=O) groups is 1. The molecule has 1 N–H and O–H groups in total. The van der Waals surface area contributed by atoms with Gasteiger partial charge in [-0.2, -0.15) is 5.26 Å². The molecular formula is C15H18N2O3. The summed E-state index contributed by atoms with van der Waals surface area (Å²) in [6.45, 7) is 1.64. The standard InChI is InChI=1S/C15H18N2O3/c1-19-15(6-7-20-11-15)10-17-14(18)8-12-2-4-13(9-16)5-3-12/h2-5H,6-8,10-11H2,1H3,(H,17,18). The van der Waals surface area contributed by atoms with Gasteiger partial charge in [0.05, 0.1) is 24.7 Å². The minimum Gasteiger partial charge on any atom is -0.378 e. The van der Waals surface area contributed by atoms with Crippen LogP contribution in [0.3, 0.4) is 0 Å². The molecule has 1 unspecified atom stereocenters. The smallest absolute Gasteiger partial charge is 0.224 e. The summed E-state index contributed by atoms with van der Waals surface area (Å²) in [4.78, 5) is 11.9. The van der Waals surface area contributed by atoms with Gasteiger partial charge in [-0.15, -0.1) is 0 Å². The van der Waals surface area contributed by atoms with Gasteiger partial charge in [0.1, 0.15) is 5.60 Å². The number of nitrogens with one attached hydrogen (secondary N) is 1. The maximum absolute atomic E-state index is 11.9. The molecule has 1 heterocycles. The quantitative estimate of drug-likeness (QED) is 0.870. The van der Waals surface area contributed by atoms with Gasteiger partial charge in [-0.25, -0.2) is 0 Å².